The first-order valence-corrected chi connectivity index (χ1v) is 7.32. The van der Waals surface area contributed by atoms with Crippen LogP contribution >= 0.6 is 11.6 Å². The van der Waals surface area contributed by atoms with Gasteiger partial charge in [-0.3, -0.25) is 0 Å². The van der Waals surface area contributed by atoms with E-state index in [4.69, 9.17) is 16.3 Å². The second-order valence-corrected chi connectivity index (χ2v) is 5.43. The van der Waals surface area contributed by atoms with Crippen LogP contribution in [0.4, 0.5) is 4.79 Å². The molecule has 0 unspecified atom stereocenters. The molecule has 0 aliphatic heterocycles. The van der Waals surface area contributed by atoms with E-state index in [9.17, 15) is 4.79 Å². The van der Waals surface area contributed by atoms with Gasteiger partial charge in [0, 0.05) is 25.2 Å². The van der Waals surface area contributed by atoms with Crippen molar-refractivity contribution in [3.05, 3.63) is 64.7 Å². The van der Waals surface area contributed by atoms with Gasteiger partial charge in [-0.15, -0.1) is 0 Å². The lowest BCUT2D eigenvalue weighted by atomic mass is 10.2. The Bertz CT molecular complexity index is 629. The van der Waals surface area contributed by atoms with Crippen LogP contribution in [0.15, 0.2) is 48.5 Å². The van der Waals surface area contributed by atoms with Gasteiger partial charge in [0.25, 0.3) is 0 Å². The summed E-state index contributed by atoms with van der Waals surface area (Å²) in [6.07, 6.45) is 0. The first-order valence-electron chi connectivity index (χ1n) is 6.95. The van der Waals surface area contributed by atoms with Crippen molar-refractivity contribution in [1.82, 2.24) is 10.2 Å². The van der Waals surface area contributed by atoms with Crippen LogP contribution in [0.25, 0.3) is 0 Å². The number of urea groups is 1. The van der Waals surface area contributed by atoms with Gasteiger partial charge in [0.15, 0.2) is 0 Å². The van der Waals surface area contributed by atoms with Gasteiger partial charge in [-0.2, -0.15) is 0 Å². The van der Waals surface area contributed by atoms with E-state index < -0.39 is 0 Å². The number of carbonyl (C=O) groups excluding carboxylic acids is 1. The lowest BCUT2D eigenvalue weighted by molar-refractivity contribution is 0.206. The second-order valence-electron chi connectivity index (χ2n) is 4.99. The van der Waals surface area contributed by atoms with Crippen molar-refractivity contribution in [2.75, 3.05) is 14.2 Å². The molecule has 116 valence electrons. The van der Waals surface area contributed by atoms with E-state index >= 15 is 0 Å². The number of ether oxygens (including phenoxy) is 1. The van der Waals surface area contributed by atoms with Gasteiger partial charge in [-0.05, 0) is 35.4 Å². The molecule has 0 aliphatic rings. The average Bonchev–Trinajstić information content (AvgIpc) is 2.54. The number of hydrogen-bond donors (Lipinski definition) is 1. The number of rotatable bonds is 5. The van der Waals surface area contributed by atoms with E-state index in [1.165, 1.54) is 0 Å². The topological polar surface area (TPSA) is 41.6 Å². The third-order valence-corrected chi connectivity index (χ3v) is 3.51. The molecule has 2 aromatic rings. The van der Waals surface area contributed by atoms with E-state index in [2.05, 4.69) is 5.32 Å². The average molecular weight is 319 g/mol. The summed E-state index contributed by atoms with van der Waals surface area (Å²) in [7, 11) is 3.38. The van der Waals surface area contributed by atoms with Crippen molar-refractivity contribution in [3.8, 4) is 5.75 Å². The Balaban J connectivity index is 1.86. The maximum atomic E-state index is 12.1. The fourth-order valence-corrected chi connectivity index (χ4v) is 2.16. The highest BCUT2D eigenvalue weighted by atomic mass is 35.5. The molecule has 0 heterocycles. The van der Waals surface area contributed by atoms with E-state index in [-0.39, 0.29) is 6.03 Å². The summed E-state index contributed by atoms with van der Waals surface area (Å²) in [5, 5.41) is 3.58. The number of nitrogens with zero attached hydrogens (tertiary/aromatic N) is 1. The zero-order chi connectivity index (χ0) is 15.9. The first kappa shape index (κ1) is 16.2. The molecule has 0 saturated heterocycles. The monoisotopic (exact) mass is 318 g/mol. The Kier molecular flexibility index (Phi) is 5.67. The molecule has 0 radical (unpaired) electrons. The highest BCUT2D eigenvalue weighted by Crippen LogP contribution is 2.13. The molecule has 2 amide bonds. The molecule has 22 heavy (non-hydrogen) atoms. The van der Waals surface area contributed by atoms with Crippen LogP contribution < -0.4 is 10.1 Å². The van der Waals surface area contributed by atoms with E-state index in [0.717, 1.165) is 16.9 Å². The highest BCUT2D eigenvalue weighted by Gasteiger charge is 2.08. The van der Waals surface area contributed by atoms with E-state index in [1.54, 1.807) is 19.1 Å². The highest BCUT2D eigenvalue weighted by molar-refractivity contribution is 6.30. The third-order valence-electron chi connectivity index (χ3n) is 3.26. The molecule has 2 aromatic carbocycles. The number of carbonyl (C=O) groups is 1. The smallest absolute Gasteiger partial charge is 0.317 e. The van der Waals surface area contributed by atoms with E-state index in [1.807, 2.05) is 48.5 Å². The molecule has 0 atom stereocenters. The zero-order valence-corrected chi connectivity index (χ0v) is 13.4. The van der Waals surface area contributed by atoms with Gasteiger partial charge in [-0.1, -0.05) is 35.9 Å². The molecule has 4 nitrogen and oxygen atoms in total. The van der Waals surface area contributed by atoms with Gasteiger partial charge in [0.2, 0.25) is 0 Å². The molecule has 0 aliphatic carbocycles. The number of halogens is 1. The minimum atomic E-state index is -0.127. The Hall–Kier alpha value is -2.20. The van der Waals surface area contributed by atoms with Crippen molar-refractivity contribution in [3.63, 3.8) is 0 Å². The van der Waals surface area contributed by atoms with Crippen LogP contribution in [0.1, 0.15) is 11.1 Å². The predicted octanol–water partition coefficient (Wildman–Crippen LogP) is 3.69. The third kappa shape index (κ3) is 4.67. The molecular weight excluding hydrogens is 300 g/mol. The van der Waals surface area contributed by atoms with Crippen LogP contribution in [0.3, 0.4) is 0 Å². The Labute approximate surface area is 135 Å². The molecule has 0 fully saturated rings. The fourth-order valence-electron chi connectivity index (χ4n) is 2.03. The van der Waals surface area contributed by atoms with Crippen LogP contribution in [-0.4, -0.2) is 25.1 Å². The van der Waals surface area contributed by atoms with Crippen molar-refractivity contribution >= 4 is 17.6 Å². The minimum absolute atomic E-state index is 0.127. The zero-order valence-electron chi connectivity index (χ0n) is 12.7. The number of nitrogens with one attached hydrogen (secondary N) is 1. The van der Waals surface area contributed by atoms with Crippen LogP contribution in [0.5, 0.6) is 5.75 Å². The minimum Gasteiger partial charge on any atom is -0.497 e. The van der Waals surface area contributed by atoms with Crippen molar-refractivity contribution in [2.45, 2.75) is 13.1 Å². The molecule has 0 bridgehead atoms. The summed E-state index contributed by atoms with van der Waals surface area (Å²) in [5.41, 5.74) is 2.02. The maximum Gasteiger partial charge on any atom is 0.317 e. The SMILES string of the molecule is COc1cccc(CNC(=O)N(C)Cc2ccc(Cl)cc2)c1. The predicted molar refractivity (Wildman–Crippen MR) is 88.1 cm³/mol. The largest absolute Gasteiger partial charge is 0.497 e. The van der Waals surface area contributed by atoms with E-state index in [0.29, 0.717) is 18.1 Å². The molecule has 0 spiro atoms. The lowest BCUT2D eigenvalue weighted by Gasteiger charge is -2.18. The summed E-state index contributed by atoms with van der Waals surface area (Å²) in [6, 6.07) is 15.0. The van der Waals surface area contributed by atoms with Gasteiger partial charge in [0.05, 0.1) is 7.11 Å². The Morgan fingerprint density at radius 3 is 2.59 bits per heavy atom. The van der Waals surface area contributed by atoms with Crippen molar-refractivity contribution < 1.29 is 9.53 Å². The summed E-state index contributed by atoms with van der Waals surface area (Å²) < 4.78 is 5.16. The number of methoxy groups -OCH3 is 1. The Morgan fingerprint density at radius 1 is 1.18 bits per heavy atom. The molecule has 5 heteroatoms. The summed E-state index contributed by atoms with van der Waals surface area (Å²) in [6.45, 7) is 0.988. The normalized spacial score (nSPS) is 10.1. The fraction of sp³-hybridized carbons (Fsp3) is 0.235. The van der Waals surface area contributed by atoms with Gasteiger partial charge in [-0.25, -0.2) is 4.79 Å². The number of hydrogen-bond acceptors (Lipinski definition) is 2. The summed E-state index contributed by atoms with van der Waals surface area (Å²) >= 11 is 5.85. The van der Waals surface area contributed by atoms with Crippen molar-refractivity contribution in [1.29, 1.82) is 0 Å². The van der Waals surface area contributed by atoms with Crippen LogP contribution in [0.2, 0.25) is 5.02 Å². The summed E-state index contributed by atoms with van der Waals surface area (Å²) in [5.74, 6) is 0.779. The Morgan fingerprint density at radius 2 is 1.91 bits per heavy atom. The molecule has 1 N–H and O–H groups in total. The maximum absolute atomic E-state index is 12.1. The molecule has 0 saturated carbocycles. The van der Waals surface area contributed by atoms with Gasteiger partial charge in [0.1, 0.15) is 5.75 Å². The number of amides is 2. The van der Waals surface area contributed by atoms with Crippen LogP contribution in [-0.2, 0) is 13.1 Å². The molecular formula is C17H19ClN2O2. The number of benzene rings is 2. The lowest BCUT2D eigenvalue weighted by Crippen LogP contribution is -2.36. The van der Waals surface area contributed by atoms with Gasteiger partial charge < -0.3 is 15.0 Å². The van der Waals surface area contributed by atoms with Gasteiger partial charge >= 0.3 is 6.03 Å². The van der Waals surface area contributed by atoms with Crippen LogP contribution in [0, 0.1) is 0 Å². The summed E-state index contributed by atoms with van der Waals surface area (Å²) in [4.78, 5) is 13.7. The quantitative estimate of drug-likeness (QED) is 0.913. The molecule has 2 rings (SSSR count). The second kappa shape index (κ2) is 7.71. The first-order chi connectivity index (χ1) is 10.6. The standard InChI is InChI=1S/C17H19ClN2O2/c1-20(12-13-6-8-15(18)9-7-13)17(21)19-11-14-4-3-5-16(10-14)22-2/h3-10H,11-12H2,1-2H3,(H,19,21). The molecule has 0 aromatic heterocycles. The van der Waals surface area contributed by atoms with Crippen molar-refractivity contribution in [2.24, 2.45) is 0 Å².